The summed E-state index contributed by atoms with van der Waals surface area (Å²) >= 11 is 3.02. The highest BCUT2D eigenvalue weighted by Crippen LogP contribution is 2.33. The fourth-order valence-electron chi connectivity index (χ4n) is 3.31. The van der Waals surface area contributed by atoms with Crippen LogP contribution in [0.3, 0.4) is 0 Å². The van der Waals surface area contributed by atoms with E-state index in [1.165, 1.54) is 34.1 Å². The average molecular weight is 427 g/mol. The average Bonchev–Trinajstić information content (AvgIpc) is 3.36. The maximum absolute atomic E-state index is 13.6. The number of hydrogen-bond donors (Lipinski definition) is 0. The van der Waals surface area contributed by atoms with Crippen molar-refractivity contribution in [2.75, 3.05) is 0 Å². The Morgan fingerprint density at radius 2 is 2.07 bits per heavy atom. The van der Waals surface area contributed by atoms with Crippen LogP contribution in [0.25, 0.3) is 20.7 Å². The van der Waals surface area contributed by atoms with Gasteiger partial charge < -0.3 is 0 Å². The first-order chi connectivity index (χ1) is 14.0. The molecule has 3 aromatic heterocycles. The van der Waals surface area contributed by atoms with E-state index in [-0.39, 0.29) is 23.7 Å². The minimum Gasteiger partial charge on any atom is -0.292 e. The highest BCUT2D eigenvalue weighted by atomic mass is 32.1. The number of carbonyl (C=O) groups excluding carboxylic acids is 1. The van der Waals surface area contributed by atoms with E-state index in [1.54, 1.807) is 18.3 Å². The number of aryl methyl sites for hydroxylation is 2. The molecule has 4 nitrogen and oxygen atoms in total. The van der Waals surface area contributed by atoms with Gasteiger partial charge in [0.15, 0.2) is 5.78 Å². The topological polar surface area (TPSA) is 52.0 Å². The van der Waals surface area contributed by atoms with Crippen molar-refractivity contribution in [3.05, 3.63) is 74.2 Å². The van der Waals surface area contributed by atoms with Gasteiger partial charge in [-0.15, -0.1) is 22.7 Å². The van der Waals surface area contributed by atoms with Gasteiger partial charge in [0.05, 0.1) is 11.9 Å². The van der Waals surface area contributed by atoms with Gasteiger partial charge in [0, 0.05) is 27.8 Å². The highest BCUT2D eigenvalue weighted by Gasteiger charge is 2.19. The van der Waals surface area contributed by atoms with Gasteiger partial charge >= 0.3 is 0 Å². The second-order valence-electron chi connectivity index (χ2n) is 6.86. The number of nitrogens with zero attached hydrogens (tertiary/aromatic N) is 2. The molecule has 1 aromatic carbocycles. The Morgan fingerprint density at radius 3 is 2.76 bits per heavy atom. The molecule has 0 bridgehead atoms. The lowest BCUT2D eigenvalue weighted by Crippen LogP contribution is -2.28. The summed E-state index contributed by atoms with van der Waals surface area (Å²) in [5.41, 5.74) is 1.46. The maximum Gasteiger partial charge on any atom is 0.263 e. The Labute approximate surface area is 175 Å². The van der Waals surface area contributed by atoms with Crippen LogP contribution in [0.15, 0.2) is 45.9 Å². The van der Waals surface area contributed by atoms with E-state index >= 15 is 0 Å². The van der Waals surface area contributed by atoms with Crippen molar-refractivity contribution in [3.8, 4) is 10.4 Å². The van der Waals surface area contributed by atoms with Crippen LogP contribution in [0.1, 0.15) is 35.1 Å². The standard InChI is InChI=1S/C22H19FN2O2S2/c1-3-5-19-24-21-20(15(12-29-21)18-6-4-9-28-18)22(27)25(19)11-17(26)14-7-8-16(23)13(2)10-14/h4,6-10,12H,3,5,11H2,1-2H3. The third-order valence-corrected chi connectivity index (χ3v) is 6.59. The molecule has 0 aliphatic heterocycles. The van der Waals surface area contributed by atoms with Gasteiger partial charge in [-0.1, -0.05) is 13.0 Å². The summed E-state index contributed by atoms with van der Waals surface area (Å²) in [4.78, 5) is 32.7. The number of Topliss-reactive ketones (excluding diaryl/α,β-unsaturated/α-hetero) is 1. The van der Waals surface area contributed by atoms with E-state index in [0.717, 1.165) is 16.9 Å². The number of hydrogen-bond acceptors (Lipinski definition) is 5. The minimum atomic E-state index is -0.354. The molecule has 148 valence electrons. The molecule has 0 unspecified atom stereocenters. The Hall–Kier alpha value is -2.64. The van der Waals surface area contributed by atoms with E-state index < -0.39 is 0 Å². The van der Waals surface area contributed by atoms with Crippen LogP contribution in [0, 0.1) is 12.7 Å². The summed E-state index contributed by atoms with van der Waals surface area (Å²) in [7, 11) is 0. The van der Waals surface area contributed by atoms with Crippen molar-refractivity contribution in [1.82, 2.24) is 9.55 Å². The molecule has 0 aliphatic rings. The van der Waals surface area contributed by atoms with Crippen LogP contribution in [0.2, 0.25) is 0 Å². The monoisotopic (exact) mass is 426 g/mol. The van der Waals surface area contributed by atoms with Crippen molar-refractivity contribution in [3.63, 3.8) is 0 Å². The molecule has 0 radical (unpaired) electrons. The Balaban J connectivity index is 1.83. The third-order valence-electron chi connectivity index (χ3n) is 4.81. The van der Waals surface area contributed by atoms with E-state index in [9.17, 15) is 14.0 Å². The summed E-state index contributed by atoms with van der Waals surface area (Å²) < 4.78 is 15.0. The van der Waals surface area contributed by atoms with Crippen LogP contribution in [0.4, 0.5) is 4.39 Å². The zero-order valence-electron chi connectivity index (χ0n) is 16.1. The van der Waals surface area contributed by atoms with Crippen molar-refractivity contribution in [2.45, 2.75) is 33.2 Å². The van der Waals surface area contributed by atoms with Gasteiger partial charge in [0.1, 0.15) is 16.5 Å². The van der Waals surface area contributed by atoms with E-state index in [4.69, 9.17) is 4.98 Å². The number of rotatable bonds is 6. The van der Waals surface area contributed by atoms with Crippen LogP contribution in [0.5, 0.6) is 0 Å². The molecule has 0 spiro atoms. The van der Waals surface area contributed by atoms with E-state index in [1.807, 2.05) is 29.8 Å². The summed E-state index contributed by atoms with van der Waals surface area (Å²) in [6.07, 6.45) is 1.41. The predicted octanol–water partition coefficient (Wildman–Crippen LogP) is 5.47. The molecule has 29 heavy (non-hydrogen) atoms. The van der Waals surface area contributed by atoms with E-state index in [2.05, 4.69) is 0 Å². The Morgan fingerprint density at radius 1 is 1.24 bits per heavy atom. The van der Waals surface area contributed by atoms with Crippen LogP contribution in [-0.4, -0.2) is 15.3 Å². The summed E-state index contributed by atoms with van der Waals surface area (Å²) in [6, 6.07) is 8.19. The first kappa shape index (κ1) is 19.7. The maximum atomic E-state index is 13.6. The third kappa shape index (κ3) is 3.68. The molecule has 4 rings (SSSR count). The minimum absolute atomic E-state index is 0.109. The SMILES string of the molecule is CCCc1nc2scc(-c3cccs3)c2c(=O)n1CC(=O)c1ccc(F)c(C)c1. The highest BCUT2D eigenvalue weighted by molar-refractivity contribution is 7.18. The van der Waals surface area contributed by atoms with Crippen molar-refractivity contribution < 1.29 is 9.18 Å². The molecule has 4 aromatic rings. The lowest BCUT2D eigenvalue weighted by Gasteiger charge is -2.12. The second-order valence-corrected chi connectivity index (χ2v) is 8.67. The number of fused-ring (bicyclic) bond motifs is 1. The van der Waals surface area contributed by atoms with Crippen LogP contribution < -0.4 is 5.56 Å². The first-order valence-corrected chi connectivity index (χ1v) is 11.1. The van der Waals surface area contributed by atoms with Gasteiger partial charge in [-0.05, 0) is 48.6 Å². The lowest BCUT2D eigenvalue weighted by molar-refractivity contribution is 0.0969. The van der Waals surface area contributed by atoms with Crippen LogP contribution >= 0.6 is 22.7 Å². The number of ketones is 1. The van der Waals surface area contributed by atoms with Crippen molar-refractivity contribution >= 4 is 38.7 Å². The molecule has 3 heterocycles. The molecule has 0 amide bonds. The lowest BCUT2D eigenvalue weighted by atomic mass is 10.1. The number of carbonyl (C=O) groups is 1. The fourth-order valence-corrected chi connectivity index (χ4v) is 5.08. The largest absolute Gasteiger partial charge is 0.292 e. The summed E-state index contributed by atoms with van der Waals surface area (Å²) in [6.45, 7) is 3.52. The Kier molecular flexibility index (Phi) is 5.43. The molecule has 7 heteroatoms. The van der Waals surface area contributed by atoms with Gasteiger partial charge in [-0.3, -0.25) is 14.2 Å². The van der Waals surface area contributed by atoms with E-state index in [0.29, 0.717) is 33.6 Å². The first-order valence-electron chi connectivity index (χ1n) is 9.33. The number of thiophene rings is 2. The van der Waals surface area contributed by atoms with Gasteiger partial charge in [0.25, 0.3) is 5.56 Å². The molecule has 0 aliphatic carbocycles. The molecule has 0 saturated heterocycles. The molecule has 0 saturated carbocycles. The normalized spacial score (nSPS) is 11.3. The predicted molar refractivity (Wildman–Crippen MR) is 117 cm³/mol. The molecular formula is C22H19FN2O2S2. The zero-order valence-corrected chi connectivity index (χ0v) is 17.7. The quantitative estimate of drug-likeness (QED) is 0.384. The number of halogens is 1. The smallest absolute Gasteiger partial charge is 0.263 e. The second kappa shape index (κ2) is 8.00. The fraction of sp³-hybridized carbons (Fsp3) is 0.227. The Bertz CT molecular complexity index is 1260. The van der Waals surface area contributed by atoms with Crippen LogP contribution in [-0.2, 0) is 13.0 Å². The number of benzene rings is 1. The molecule has 0 N–H and O–H groups in total. The zero-order chi connectivity index (χ0) is 20.5. The van der Waals surface area contributed by atoms with Crippen molar-refractivity contribution in [1.29, 1.82) is 0 Å². The van der Waals surface area contributed by atoms with Gasteiger partial charge in [-0.2, -0.15) is 0 Å². The molecule has 0 fully saturated rings. The summed E-state index contributed by atoms with van der Waals surface area (Å²) in [5.74, 6) is 0.0192. The van der Waals surface area contributed by atoms with Gasteiger partial charge in [-0.25, -0.2) is 9.37 Å². The molecular weight excluding hydrogens is 407 g/mol. The van der Waals surface area contributed by atoms with Gasteiger partial charge in [0.2, 0.25) is 0 Å². The van der Waals surface area contributed by atoms with Crippen molar-refractivity contribution in [2.24, 2.45) is 0 Å². The summed E-state index contributed by atoms with van der Waals surface area (Å²) in [5, 5.41) is 4.48. The molecule has 0 atom stereocenters. The number of aromatic nitrogens is 2.